The molecule has 3 heterocycles. The molecule has 0 aliphatic carbocycles. The number of hydrogen-bond acceptors (Lipinski definition) is 5. The van der Waals surface area contributed by atoms with Crippen LogP contribution in [0.2, 0.25) is 0 Å². The maximum Gasteiger partial charge on any atom is 0.266 e. The third kappa shape index (κ3) is 5.54. The van der Waals surface area contributed by atoms with Gasteiger partial charge in [-0.25, -0.2) is 22.7 Å². The van der Waals surface area contributed by atoms with Gasteiger partial charge in [-0.3, -0.25) is 9.59 Å². The van der Waals surface area contributed by atoms with Gasteiger partial charge in [0, 0.05) is 30.8 Å². The molecular weight excluding hydrogens is 425 g/mol. The molecule has 4 rings (SSSR count). The highest BCUT2D eigenvalue weighted by molar-refractivity contribution is 5.98. The Kier molecular flexibility index (Phi) is 6.66. The Bertz CT molecular complexity index is 1110. The number of alkyl halides is 2. The van der Waals surface area contributed by atoms with Crippen LogP contribution in [0.3, 0.4) is 0 Å². The lowest BCUT2D eigenvalue weighted by Crippen LogP contribution is -2.29. The number of primary amides is 1. The highest BCUT2D eigenvalue weighted by Crippen LogP contribution is 2.30. The topological polar surface area (TPSA) is 106 Å². The van der Waals surface area contributed by atoms with Crippen molar-refractivity contribution >= 4 is 23.3 Å². The monoisotopic (exact) mass is 448 g/mol. The van der Waals surface area contributed by atoms with Crippen LogP contribution in [0, 0.1) is 5.82 Å². The molecular formula is C21H23F3N6O2. The number of nitrogens with zero attached hydrogens (tertiary/aromatic N) is 4. The summed E-state index contributed by atoms with van der Waals surface area (Å²) in [6.45, 7) is 3.62. The van der Waals surface area contributed by atoms with Crippen LogP contribution in [0.25, 0.3) is 5.65 Å². The van der Waals surface area contributed by atoms with E-state index in [0.717, 1.165) is 0 Å². The molecule has 0 spiro atoms. The Balaban J connectivity index is 0.000000195. The molecule has 0 atom stereocenters. The second-order valence-electron chi connectivity index (χ2n) is 7.64. The summed E-state index contributed by atoms with van der Waals surface area (Å²) >= 11 is 0. The zero-order chi connectivity index (χ0) is 23.5. The number of nitrogens with one attached hydrogen (secondary N) is 1. The standard InChI is InChI=1S/C11H11F2N5O.C10H12FNO/c12-11(13)2-4-17(6-11)8-1-3-18-10(16-8)7(5-15-18)9(14)19;1-7(2)12-10(13)8-3-5-9(11)6-4-8/h1,3,5H,2,4,6H2,(H2,14,19);3-7H,1-2H3,(H,12,13). The average molecular weight is 448 g/mol. The number of anilines is 1. The maximum atomic E-state index is 13.2. The van der Waals surface area contributed by atoms with Gasteiger partial charge in [-0.15, -0.1) is 0 Å². The van der Waals surface area contributed by atoms with Crippen LogP contribution in [0.5, 0.6) is 0 Å². The molecule has 0 unspecified atom stereocenters. The average Bonchev–Trinajstić information content (AvgIpc) is 3.31. The Morgan fingerprint density at radius 3 is 2.44 bits per heavy atom. The van der Waals surface area contributed by atoms with Crippen LogP contribution in [0.1, 0.15) is 41.0 Å². The molecule has 11 heteroatoms. The van der Waals surface area contributed by atoms with Gasteiger partial charge in [-0.1, -0.05) is 0 Å². The molecule has 3 N–H and O–H groups in total. The van der Waals surface area contributed by atoms with E-state index in [9.17, 15) is 22.8 Å². The van der Waals surface area contributed by atoms with Gasteiger partial charge in [0.1, 0.15) is 17.2 Å². The van der Waals surface area contributed by atoms with E-state index in [-0.39, 0.29) is 48.5 Å². The van der Waals surface area contributed by atoms with Gasteiger partial charge in [0.05, 0.1) is 12.7 Å². The van der Waals surface area contributed by atoms with Gasteiger partial charge in [0.15, 0.2) is 5.65 Å². The summed E-state index contributed by atoms with van der Waals surface area (Å²) < 4.78 is 40.2. The van der Waals surface area contributed by atoms with Crippen LogP contribution in [0.15, 0.2) is 42.7 Å². The molecule has 8 nitrogen and oxygen atoms in total. The molecule has 0 radical (unpaired) electrons. The zero-order valence-corrected chi connectivity index (χ0v) is 17.6. The minimum Gasteiger partial charge on any atom is -0.365 e. The van der Waals surface area contributed by atoms with Crippen molar-refractivity contribution in [1.29, 1.82) is 0 Å². The summed E-state index contributed by atoms with van der Waals surface area (Å²) in [7, 11) is 0. The first-order valence-corrected chi connectivity index (χ1v) is 9.89. The van der Waals surface area contributed by atoms with Crippen molar-refractivity contribution in [3.8, 4) is 0 Å². The molecule has 1 saturated heterocycles. The normalized spacial score (nSPS) is 14.9. The number of nitrogens with two attached hydrogens (primary N) is 1. The first-order chi connectivity index (χ1) is 15.1. The van der Waals surface area contributed by atoms with E-state index in [2.05, 4.69) is 15.4 Å². The largest absolute Gasteiger partial charge is 0.365 e. The summed E-state index contributed by atoms with van der Waals surface area (Å²) in [6.07, 6.45) is 2.69. The van der Waals surface area contributed by atoms with Gasteiger partial charge in [-0.05, 0) is 44.2 Å². The summed E-state index contributed by atoms with van der Waals surface area (Å²) in [5.74, 6) is -3.45. The number of carbonyl (C=O) groups is 2. The molecule has 1 aliphatic rings. The molecule has 2 aromatic heterocycles. The first kappa shape index (κ1) is 23.0. The van der Waals surface area contributed by atoms with Crippen molar-refractivity contribution in [3.63, 3.8) is 0 Å². The second-order valence-corrected chi connectivity index (χ2v) is 7.64. The SMILES string of the molecule is CC(C)NC(=O)c1ccc(F)cc1.NC(=O)c1cnn2ccc(N3CCC(F)(F)C3)nc12. The lowest BCUT2D eigenvalue weighted by atomic mass is 10.2. The predicted molar refractivity (Wildman–Crippen MR) is 112 cm³/mol. The van der Waals surface area contributed by atoms with Crippen molar-refractivity contribution in [2.75, 3.05) is 18.0 Å². The highest BCUT2D eigenvalue weighted by atomic mass is 19.3. The summed E-state index contributed by atoms with van der Waals surface area (Å²) in [6, 6.07) is 7.16. The van der Waals surface area contributed by atoms with E-state index in [0.29, 0.717) is 11.4 Å². The summed E-state index contributed by atoms with van der Waals surface area (Å²) in [5, 5.41) is 6.64. The number of carbonyl (C=O) groups excluding carboxylic acids is 2. The Hall–Kier alpha value is -3.63. The van der Waals surface area contributed by atoms with Gasteiger partial charge < -0.3 is 16.0 Å². The number of halogens is 3. The maximum absolute atomic E-state index is 13.2. The van der Waals surface area contributed by atoms with E-state index in [1.54, 1.807) is 12.3 Å². The van der Waals surface area contributed by atoms with E-state index >= 15 is 0 Å². The molecule has 1 fully saturated rings. The van der Waals surface area contributed by atoms with Gasteiger partial charge >= 0.3 is 0 Å². The Labute approximate surface area is 182 Å². The Morgan fingerprint density at radius 2 is 1.88 bits per heavy atom. The number of benzene rings is 1. The van der Waals surface area contributed by atoms with E-state index < -0.39 is 11.8 Å². The van der Waals surface area contributed by atoms with E-state index in [4.69, 9.17) is 5.73 Å². The lowest BCUT2D eigenvalue weighted by molar-refractivity contribution is 0.0256. The predicted octanol–water partition coefficient (Wildman–Crippen LogP) is 2.64. The van der Waals surface area contributed by atoms with E-state index in [1.807, 2.05) is 13.8 Å². The number of fused-ring (bicyclic) bond motifs is 1. The Morgan fingerprint density at radius 1 is 1.19 bits per heavy atom. The summed E-state index contributed by atoms with van der Waals surface area (Å²) in [5.41, 5.74) is 6.14. The molecule has 1 aromatic carbocycles. The zero-order valence-electron chi connectivity index (χ0n) is 17.6. The fourth-order valence-electron chi connectivity index (χ4n) is 3.09. The second kappa shape index (κ2) is 9.25. The van der Waals surface area contributed by atoms with Gasteiger partial charge in [-0.2, -0.15) is 5.10 Å². The fourth-order valence-corrected chi connectivity index (χ4v) is 3.09. The third-order valence-corrected chi connectivity index (χ3v) is 4.64. The van der Waals surface area contributed by atoms with Crippen LogP contribution >= 0.6 is 0 Å². The molecule has 0 saturated carbocycles. The minimum absolute atomic E-state index is 0.0950. The molecule has 1 aliphatic heterocycles. The fraction of sp³-hybridized carbons (Fsp3) is 0.333. The number of hydrogen-bond donors (Lipinski definition) is 2. The van der Waals surface area contributed by atoms with E-state index in [1.165, 1.54) is 39.9 Å². The van der Waals surface area contributed by atoms with Crippen molar-refractivity contribution in [2.45, 2.75) is 32.2 Å². The molecule has 2 amide bonds. The molecule has 0 bridgehead atoms. The van der Waals surface area contributed by atoms with Crippen molar-refractivity contribution in [3.05, 3.63) is 59.7 Å². The van der Waals surface area contributed by atoms with Gasteiger partial charge in [0.2, 0.25) is 0 Å². The van der Waals surface area contributed by atoms with Crippen molar-refractivity contribution in [1.82, 2.24) is 19.9 Å². The molecule has 170 valence electrons. The van der Waals surface area contributed by atoms with Crippen molar-refractivity contribution < 1.29 is 22.8 Å². The van der Waals surface area contributed by atoms with Crippen LogP contribution in [0.4, 0.5) is 19.0 Å². The smallest absolute Gasteiger partial charge is 0.266 e. The first-order valence-electron chi connectivity index (χ1n) is 9.89. The summed E-state index contributed by atoms with van der Waals surface area (Å²) in [4.78, 5) is 28.2. The van der Waals surface area contributed by atoms with Crippen molar-refractivity contribution in [2.24, 2.45) is 5.73 Å². The number of aromatic nitrogens is 3. The lowest BCUT2D eigenvalue weighted by Gasteiger charge is -2.16. The molecule has 32 heavy (non-hydrogen) atoms. The quantitative estimate of drug-likeness (QED) is 0.638. The number of rotatable bonds is 4. The van der Waals surface area contributed by atoms with Crippen LogP contribution in [-0.4, -0.2) is 51.5 Å². The molecule has 3 aromatic rings. The third-order valence-electron chi connectivity index (χ3n) is 4.64. The highest BCUT2D eigenvalue weighted by Gasteiger charge is 2.38. The number of amides is 2. The van der Waals surface area contributed by atoms with Gasteiger partial charge in [0.25, 0.3) is 17.7 Å². The van der Waals surface area contributed by atoms with Crippen LogP contribution in [-0.2, 0) is 0 Å². The van der Waals surface area contributed by atoms with Crippen LogP contribution < -0.4 is 16.0 Å². The minimum atomic E-state index is -2.69.